The summed E-state index contributed by atoms with van der Waals surface area (Å²) in [4.78, 5) is 36.9. The molecule has 2 aromatic carbocycles. The van der Waals surface area contributed by atoms with Crippen LogP contribution in [0.2, 0.25) is 0 Å². The minimum Gasteiger partial charge on any atom is -0.326 e. The Morgan fingerprint density at radius 2 is 1.81 bits per heavy atom. The summed E-state index contributed by atoms with van der Waals surface area (Å²) in [5, 5.41) is 5.03. The summed E-state index contributed by atoms with van der Waals surface area (Å²) >= 11 is 0. The topological polar surface area (TPSA) is 78.5 Å². The highest BCUT2D eigenvalue weighted by molar-refractivity contribution is 6.05. The third kappa shape index (κ3) is 3.88. The van der Waals surface area contributed by atoms with E-state index in [0.29, 0.717) is 24.2 Å². The van der Waals surface area contributed by atoms with E-state index in [4.69, 9.17) is 0 Å². The highest BCUT2D eigenvalue weighted by atomic mass is 19.1. The van der Waals surface area contributed by atoms with Gasteiger partial charge in [0.05, 0.1) is 5.69 Å². The monoisotopic (exact) mass is 355 g/mol. The van der Waals surface area contributed by atoms with Gasteiger partial charge in [0.1, 0.15) is 5.82 Å². The zero-order valence-electron chi connectivity index (χ0n) is 14.2. The van der Waals surface area contributed by atoms with Gasteiger partial charge < -0.3 is 15.5 Å². The predicted octanol–water partition coefficient (Wildman–Crippen LogP) is 3.16. The number of halogens is 1. The number of rotatable bonds is 4. The van der Waals surface area contributed by atoms with E-state index < -0.39 is 11.7 Å². The average molecular weight is 355 g/mol. The first-order valence-corrected chi connectivity index (χ1v) is 8.23. The van der Waals surface area contributed by atoms with Crippen molar-refractivity contribution in [3.05, 3.63) is 53.8 Å². The average Bonchev–Trinajstić information content (AvgIpc) is 3.03. The molecule has 1 aliphatic rings. The van der Waals surface area contributed by atoms with Crippen molar-refractivity contribution in [2.24, 2.45) is 0 Å². The van der Waals surface area contributed by atoms with E-state index in [-0.39, 0.29) is 17.5 Å². The molecule has 3 rings (SSSR count). The van der Waals surface area contributed by atoms with Crippen molar-refractivity contribution in [1.82, 2.24) is 0 Å². The maximum Gasteiger partial charge on any atom is 0.255 e. The van der Waals surface area contributed by atoms with Gasteiger partial charge in [-0.15, -0.1) is 0 Å². The molecule has 26 heavy (non-hydrogen) atoms. The van der Waals surface area contributed by atoms with Crippen LogP contribution in [0.5, 0.6) is 0 Å². The Morgan fingerprint density at radius 1 is 1.08 bits per heavy atom. The SMILES string of the molecule is CC(=O)Nc1ccc(F)c(NC(=O)c2ccc(N3CCCC3=O)cc2)c1. The first-order chi connectivity index (χ1) is 12.4. The summed E-state index contributed by atoms with van der Waals surface area (Å²) in [5.74, 6) is -1.31. The van der Waals surface area contributed by atoms with Gasteiger partial charge in [0.2, 0.25) is 11.8 Å². The van der Waals surface area contributed by atoms with Crippen molar-refractivity contribution in [3.8, 4) is 0 Å². The normalized spacial score (nSPS) is 13.6. The predicted molar refractivity (Wildman–Crippen MR) is 96.7 cm³/mol. The van der Waals surface area contributed by atoms with Gasteiger partial charge in [-0.1, -0.05) is 0 Å². The lowest BCUT2D eigenvalue weighted by Gasteiger charge is -2.16. The number of hydrogen-bond donors (Lipinski definition) is 2. The van der Waals surface area contributed by atoms with Crippen LogP contribution in [0.25, 0.3) is 0 Å². The van der Waals surface area contributed by atoms with E-state index in [0.717, 1.165) is 12.1 Å². The van der Waals surface area contributed by atoms with Gasteiger partial charge in [-0.3, -0.25) is 14.4 Å². The summed E-state index contributed by atoms with van der Waals surface area (Å²) in [6.45, 7) is 2.01. The minimum atomic E-state index is -0.605. The summed E-state index contributed by atoms with van der Waals surface area (Å²) in [6, 6.07) is 10.5. The summed E-state index contributed by atoms with van der Waals surface area (Å²) in [6.07, 6.45) is 1.36. The summed E-state index contributed by atoms with van der Waals surface area (Å²) < 4.78 is 13.9. The molecule has 0 saturated carbocycles. The zero-order valence-corrected chi connectivity index (χ0v) is 14.2. The highest BCUT2D eigenvalue weighted by Gasteiger charge is 2.21. The lowest BCUT2D eigenvalue weighted by molar-refractivity contribution is -0.117. The number of nitrogens with zero attached hydrogens (tertiary/aromatic N) is 1. The Labute approximate surface area is 150 Å². The number of anilines is 3. The number of nitrogens with one attached hydrogen (secondary N) is 2. The highest BCUT2D eigenvalue weighted by Crippen LogP contribution is 2.23. The van der Waals surface area contributed by atoms with Gasteiger partial charge in [-0.25, -0.2) is 4.39 Å². The first kappa shape index (κ1) is 17.6. The van der Waals surface area contributed by atoms with Gasteiger partial charge in [-0.05, 0) is 48.9 Å². The molecule has 0 aliphatic carbocycles. The van der Waals surface area contributed by atoms with Crippen molar-refractivity contribution >= 4 is 34.8 Å². The van der Waals surface area contributed by atoms with Crippen LogP contribution in [0.1, 0.15) is 30.1 Å². The molecule has 7 heteroatoms. The molecule has 134 valence electrons. The molecule has 2 N–H and O–H groups in total. The molecule has 2 aromatic rings. The van der Waals surface area contributed by atoms with E-state index >= 15 is 0 Å². The number of amides is 3. The second-order valence-corrected chi connectivity index (χ2v) is 6.03. The molecule has 1 aliphatic heterocycles. The van der Waals surface area contributed by atoms with E-state index in [1.807, 2.05) is 0 Å². The molecular formula is C19H18FN3O3. The Kier molecular flexibility index (Phi) is 4.97. The van der Waals surface area contributed by atoms with Crippen LogP contribution in [-0.2, 0) is 9.59 Å². The van der Waals surface area contributed by atoms with Crippen molar-refractivity contribution in [1.29, 1.82) is 0 Å². The Balaban J connectivity index is 1.74. The molecule has 3 amide bonds. The van der Waals surface area contributed by atoms with E-state index in [1.165, 1.54) is 25.1 Å². The first-order valence-electron chi connectivity index (χ1n) is 8.23. The third-order valence-electron chi connectivity index (χ3n) is 4.05. The van der Waals surface area contributed by atoms with Crippen LogP contribution in [0, 0.1) is 5.82 Å². The lowest BCUT2D eigenvalue weighted by atomic mass is 10.1. The molecule has 1 fully saturated rings. The Morgan fingerprint density at radius 3 is 2.42 bits per heavy atom. The molecule has 0 bridgehead atoms. The second kappa shape index (κ2) is 7.35. The van der Waals surface area contributed by atoms with Crippen LogP contribution >= 0.6 is 0 Å². The molecular weight excluding hydrogens is 337 g/mol. The third-order valence-corrected chi connectivity index (χ3v) is 4.05. The maximum atomic E-state index is 13.9. The fourth-order valence-corrected chi connectivity index (χ4v) is 2.81. The standard InChI is InChI=1S/C19H18FN3O3/c1-12(24)21-14-6-9-16(20)17(11-14)22-19(26)13-4-7-15(8-5-13)23-10-2-3-18(23)25/h4-9,11H,2-3,10H2,1H3,(H,21,24)(H,22,26). The van der Waals surface area contributed by atoms with Crippen molar-refractivity contribution in [2.75, 3.05) is 22.1 Å². The van der Waals surface area contributed by atoms with Crippen LogP contribution in [-0.4, -0.2) is 24.3 Å². The maximum absolute atomic E-state index is 13.9. The van der Waals surface area contributed by atoms with E-state index in [2.05, 4.69) is 10.6 Å². The number of carbonyl (C=O) groups excluding carboxylic acids is 3. The van der Waals surface area contributed by atoms with Crippen molar-refractivity contribution in [2.45, 2.75) is 19.8 Å². The summed E-state index contributed by atoms with van der Waals surface area (Å²) in [5.41, 5.74) is 1.43. The largest absolute Gasteiger partial charge is 0.326 e. The molecule has 0 atom stereocenters. The minimum absolute atomic E-state index is 0.0277. The Bertz CT molecular complexity index is 865. The fraction of sp³-hybridized carbons (Fsp3) is 0.211. The lowest BCUT2D eigenvalue weighted by Crippen LogP contribution is -2.23. The molecule has 1 saturated heterocycles. The molecule has 0 unspecified atom stereocenters. The van der Waals surface area contributed by atoms with Crippen LogP contribution in [0.15, 0.2) is 42.5 Å². The summed E-state index contributed by atoms with van der Waals surface area (Å²) in [7, 11) is 0. The van der Waals surface area contributed by atoms with Gasteiger partial charge in [0.25, 0.3) is 5.91 Å². The van der Waals surface area contributed by atoms with Gasteiger partial charge in [0.15, 0.2) is 0 Å². The molecule has 1 heterocycles. The Hall–Kier alpha value is -3.22. The molecule has 0 spiro atoms. The smallest absolute Gasteiger partial charge is 0.255 e. The number of carbonyl (C=O) groups is 3. The molecule has 0 radical (unpaired) electrons. The second-order valence-electron chi connectivity index (χ2n) is 6.03. The van der Waals surface area contributed by atoms with E-state index in [1.54, 1.807) is 29.2 Å². The van der Waals surface area contributed by atoms with E-state index in [9.17, 15) is 18.8 Å². The van der Waals surface area contributed by atoms with Crippen LogP contribution in [0.4, 0.5) is 21.5 Å². The van der Waals surface area contributed by atoms with Crippen molar-refractivity contribution < 1.29 is 18.8 Å². The van der Waals surface area contributed by atoms with Crippen LogP contribution in [0.3, 0.4) is 0 Å². The van der Waals surface area contributed by atoms with Gasteiger partial charge in [-0.2, -0.15) is 0 Å². The van der Waals surface area contributed by atoms with Crippen LogP contribution < -0.4 is 15.5 Å². The quantitative estimate of drug-likeness (QED) is 0.884. The molecule has 0 aromatic heterocycles. The van der Waals surface area contributed by atoms with Crippen molar-refractivity contribution in [3.63, 3.8) is 0 Å². The number of benzene rings is 2. The van der Waals surface area contributed by atoms with Gasteiger partial charge in [0, 0.05) is 36.8 Å². The van der Waals surface area contributed by atoms with Gasteiger partial charge >= 0.3 is 0 Å². The molecule has 6 nitrogen and oxygen atoms in total. The number of hydrogen-bond acceptors (Lipinski definition) is 3. The fourth-order valence-electron chi connectivity index (χ4n) is 2.81. The zero-order chi connectivity index (χ0) is 18.7.